The van der Waals surface area contributed by atoms with Gasteiger partial charge >= 0.3 is 0 Å². The first kappa shape index (κ1) is 14.8. The van der Waals surface area contributed by atoms with Gasteiger partial charge < -0.3 is 4.74 Å². The average Bonchev–Trinajstić information content (AvgIpc) is 2.76. The van der Waals surface area contributed by atoms with E-state index in [1.165, 1.54) is 18.2 Å². The van der Waals surface area contributed by atoms with Crippen LogP contribution in [0.4, 0.5) is 4.39 Å². The lowest BCUT2D eigenvalue weighted by Gasteiger charge is -2.06. The van der Waals surface area contributed by atoms with Gasteiger partial charge in [-0.25, -0.2) is 4.39 Å². The quantitative estimate of drug-likeness (QED) is 0.784. The standard InChI is InChI=1S/C13H6Cl2FNO2S/c14-12-4-8(13(15)20-12)10(18)6-19-11-2-1-7(5-17)3-9(11)16/h1-4H,6H2. The van der Waals surface area contributed by atoms with Gasteiger partial charge in [0, 0.05) is 0 Å². The molecule has 0 saturated heterocycles. The second-order valence-corrected chi connectivity index (χ2v) is 5.99. The Kier molecular flexibility index (Phi) is 4.61. The summed E-state index contributed by atoms with van der Waals surface area (Å²) < 4.78 is 19.3. The number of carbonyl (C=O) groups excluding carboxylic acids is 1. The highest BCUT2D eigenvalue weighted by molar-refractivity contribution is 7.20. The summed E-state index contributed by atoms with van der Waals surface area (Å²) in [4.78, 5) is 11.9. The molecule has 0 aliphatic heterocycles. The van der Waals surface area contributed by atoms with Crippen LogP contribution in [0.25, 0.3) is 0 Å². The number of hydrogen-bond acceptors (Lipinski definition) is 4. The van der Waals surface area contributed by atoms with Crippen molar-refractivity contribution < 1.29 is 13.9 Å². The maximum Gasteiger partial charge on any atom is 0.202 e. The smallest absolute Gasteiger partial charge is 0.202 e. The minimum atomic E-state index is -0.703. The van der Waals surface area contributed by atoms with Crippen molar-refractivity contribution in [2.75, 3.05) is 6.61 Å². The van der Waals surface area contributed by atoms with E-state index < -0.39 is 11.6 Å². The third-order valence-corrected chi connectivity index (χ3v) is 3.86. The fourth-order valence-corrected chi connectivity index (χ4v) is 2.94. The van der Waals surface area contributed by atoms with E-state index in [-0.39, 0.29) is 27.8 Å². The lowest BCUT2D eigenvalue weighted by atomic mass is 10.2. The highest BCUT2D eigenvalue weighted by atomic mass is 35.5. The van der Waals surface area contributed by atoms with Crippen molar-refractivity contribution in [3.8, 4) is 11.8 Å². The normalized spacial score (nSPS) is 10.1. The molecule has 0 amide bonds. The topological polar surface area (TPSA) is 50.1 Å². The van der Waals surface area contributed by atoms with Crippen molar-refractivity contribution >= 4 is 40.3 Å². The van der Waals surface area contributed by atoms with E-state index in [0.29, 0.717) is 4.34 Å². The molecular weight excluding hydrogens is 324 g/mol. The van der Waals surface area contributed by atoms with Crippen molar-refractivity contribution in [1.29, 1.82) is 5.26 Å². The maximum atomic E-state index is 13.5. The van der Waals surface area contributed by atoms with Gasteiger partial charge in [-0.2, -0.15) is 5.26 Å². The van der Waals surface area contributed by atoms with Crippen molar-refractivity contribution in [2.45, 2.75) is 0 Å². The molecule has 0 aliphatic rings. The van der Waals surface area contributed by atoms with Gasteiger partial charge in [0.05, 0.1) is 21.5 Å². The lowest BCUT2D eigenvalue weighted by molar-refractivity contribution is 0.0919. The predicted octanol–water partition coefficient (Wildman–Crippen LogP) is 4.33. The molecule has 3 nitrogen and oxygen atoms in total. The van der Waals surface area contributed by atoms with Gasteiger partial charge in [-0.3, -0.25) is 4.79 Å². The number of nitrogens with zero attached hydrogens (tertiary/aromatic N) is 1. The number of benzene rings is 1. The number of rotatable bonds is 4. The molecule has 0 fully saturated rings. The molecule has 0 unspecified atom stereocenters. The third kappa shape index (κ3) is 3.28. The van der Waals surface area contributed by atoms with Gasteiger partial charge in [0.25, 0.3) is 0 Å². The van der Waals surface area contributed by atoms with Gasteiger partial charge in [0.1, 0.15) is 4.34 Å². The van der Waals surface area contributed by atoms with Gasteiger partial charge in [-0.05, 0) is 24.3 Å². The minimum absolute atomic E-state index is 0.102. The number of ether oxygens (including phenoxy) is 1. The molecule has 0 spiro atoms. The molecule has 2 aromatic rings. The van der Waals surface area contributed by atoms with Crippen LogP contribution in [0.2, 0.25) is 8.67 Å². The Labute approximate surface area is 128 Å². The van der Waals surface area contributed by atoms with E-state index in [4.69, 9.17) is 33.2 Å². The number of halogens is 3. The summed E-state index contributed by atoms with van der Waals surface area (Å²) in [5.41, 5.74) is 0.421. The Morgan fingerprint density at radius 3 is 2.70 bits per heavy atom. The van der Waals surface area contributed by atoms with Crippen molar-refractivity contribution in [2.24, 2.45) is 0 Å². The second-order valence-electron chi connectivity index (χ2n) is 3.71. The molecule has 7 heteroatoms. The molecule has 1 aromatic carbocycles. The van der Waals surface area contributed by atoms with E-state index >= 15 is 0 Å². The largest absolute Gasteiger partial charge is 0.482 e. The first-order valence-corrected chi connectivity index (χ1v) is 6.89. The van der Waals surface area contributed by atoms with E-state index in [0.717, 1.165) is 17.4 Å². The highest BCUT2D eigenvalue weighted by Gasteiger charge is 2.15. The number of hydrogen-bond donors (Lipinski definition) is 0. The zero-order chi connectivity index (χ0) is 14.7. The van der Waals surface area contributed by atoms with Gasteiger partial charge in [-0.1, -0.05) is 23.2 Å². The summed E-state index contributed by atoms with van der Waals surface area (Å²) in [7, 11) is 0. The lowest BCUT2D eigenvalue weighted by Crippen LogP contribution is -2.11. The molecule has 0 atom stereocenters. The average molecular weight is 330 g/mol. The Morgan fingerprint density at radius 1 is 1.40 bits per heavy atom. The van der Waals surface area contributed by atoms with E-state index in [2.05, 4.69) is 0 Å². The number of Topliss-reactive ketones (excluding diaryl/α,β-unsaturated/α-hetero) is 1. The van der Waals surface area contributed by atoms with Crippen LogP contribution in [0.5, 0.6) is 5.75 Å². The van der Waals surface area contributed by atoms with Crippen LogP contribution in [0.1, 0.15) is 15.9 Å². The summed E-state index contributed by atoms with van der Waals surface area (Å²) in [5, 5.41) is 8.61. The molecule has 1 heterocycles. The molecule has 0 N–H and O–H groups in total. The summed E-state index contributed by atoms with van der Waals surface area (Å²) >= 11 is 12.6. The van der Waals surface area contributed by atoms with Crippen LogP contribution in [-0.2, 0) is 0 Å². The zero-order valence-electron chi connectivity index (χ0n) is 9.82. The summed E-state index contributed by atoms with van der Waals surface area (Å²) in [6.45, 7) is -0.365. The number of carbonyl (C=O) groups is 1. The van der Waals surface area contributed by atoms with Gasteiger partial charge in [0.2, 0.25) is 5.78 Å². The van der Waals surface area contributed by atoms with Crippen LogP contribution in [0, 0.1) is 17.1 Å². The molecule has 0 saturated carbocycles. The number of ketones is 1. The number of nitriles is 1. The molecule has 20 heavy (non-hydrogen) atoms. The molecule has 0 aliphatic carbocycles. The van der Waals surface area contributed by atoms with E-state index in [9.17, 15) is 9.18 Å². The second kappa shape index (κ2) is 6.23. The Bertz CT molecular complexity index is 709. The van der Waals surface area contributed by atoms with Crippen molar-refractivity contribution in [3.05, 3.63) is 49.9 Å². The van der Waals surface area contributed by atoms with E-state index in [1.807, 2.05) is 0 Å². The Hall–Kier alpha value is -1.61. The molecule has 2 rings (SSSR count). The number of thiophene rings is 1. The molecule has 1 aromatic heterocycles. The molecule has 0 bridgehead atoms. The zero-order valence-corrected chi connectivity index (χ0v) is 12.2. The Balaban J connectivity index is 2.08. The predicted molar refractivity (Wildman–Crippen MR) is 75.3 cm³/mol. The monoisotopic (exact) mass is 329 g/mol. The fraction of sp³-hybridized carbons (Fsp3) is 0.0769. The van der Waals surface area contributed by atoms with Crippen LogP contribution >= 0.6 is 34.5 Å². The van der Waals surface area contributed by atoms with Gasteiger partial charge in [0.15, 0.2) is 18.2 Å². The van der Waals surface area contributed by atoms with Crippen LogP contribution in [0.15, 0.2) is 24.3 Å². The first-order chi connectivity index (χ1) is 9.51. The van der Waals surface area contributed by atoms with Crippen LogP contribution in [-0.4, -0.2) is 12.4 Å². The van der Waals surface area contributed by atoms with Crippen molar-refractivity contribution in [1.82, 2.24) is 0 Å². The van der Waals surface area contributed by atoms with Crippen molar-refractivity contribution in [3.63, 3.8) is 0 Å². The van der Waals surface area contributed by atoms with E-state index in [1.54, 1.807) is 6.07 Å². The van der Waals surface area contributed by atoms with Gasteiger partial charge in [-0.15, -0.1) is 11.3 Å². The molecular formula is C13H6Cl2FNO2S. The summed E-state index contributed by atoms with van der Waals surface area (Å²) in [6, 6.07) is 6.97. The van der Waals surface area contributed by atoms with Crippen LogP contribution < -0.4 is 4.74 Å². The maximum absolute atomic E-state index is 13.5. The summed E-state index contributed by atoms with van der Waals surface area (Å²) in [5.74, 6) is -1.21. The SMILES string of the molecule is N#Cc1ccc(OCC(=O)c2cc(Cl)sc2Cl)c(F)c1. The van der Waals surface area contributed by atoms with Crippen LogP contribution in [0.3, 0.4) is 0 Å². The summed E-state index contributed by atoms with van der Waals surface area (Å²) in [6.07, 6.45) is 0. The fourth-order valence-electron chi connectivity index (χ4n) is 1.44. The minimum Gasteiger partial charge on any atom is -0.482 e. The molecule has 102 valence electrons. The Morgan fingerprint density at radius 2 is 2.15 bits per heavy atom. The first-order valence-electron chi connectivity index (χ1n) is 5.31. The molecule has 0 radical (unpaired) electrons. The third-order valence-electron chi connectivity index (χ3n) is 2.38. The highest BCUT2D eigenvalue weighted by Crippen LogP contribution is 2.31.